The molecule has 1 N–H and O–H groups in total. The lowest BCUT2D eigenvalue weighted by Gasteiger charge is -2.18. The van der Waals surface area contributed by atoms with Gasteiger partial charge in [0.15, 0.2) is 11.6 Å². The summed E-state index contributed by atoms with van der Waals surface area (Å²) in [6, 6.07) is 14.0. The molecule has 1 aliphatic carbocycles. The maximum absolute atomic E-state index is 13.2. The summed E-state index contributed by atoms with van der Waals surface area (Å²) >= 11 is 1.55. The van der Waals surface area contributed by atoms with Gasteiger partial charge in [-0.3, -0.25) is 4.79 Å². The van der Waals surface area contributed by atoms with E-state index in [9.17, 15) is 9.18 Å². The lowest BCUT2D eigenvalue weighted by molar-refractivity contribution is 0.0953. The van der Waals surface area contributed by atoms with Crippen molar-refractivity contribution in [1.82, 2.24) is 14.8 Å². The van der Waals surface area contributed by atoms with E-state index in [-0.39, 0.29) is 17.5 Å². The van der Waals surface area contributed by atoms with Gasteiger partial charge in [-0.15, -0.1) is 5.10 Å². The summed E-state index contributed by atoms with van der Waals surface area (Å²) in [5.74, 6) is 0.518. The zero-order chi connectivity index (χ0) is 19.3. The molecule has 1 aliphatic rings. The number of anilines is 2. The van der Waals surface area contributed by atoms with Gasteiger partial charge in [0.25, 0.3) is 0 Å². The smallest absolute Gasteiger partial charge is 0.211 e. The van der Waals surface area contributed by atoms with Gasteiger partial charge in [-0.2, -0.15) is 0 Å². The number of carbonyl (C=O) groups is 1. The molecule has 28 heavy (non-hydrogen) atoms. The van der Waals surface area contributed by atoms with Crippen molar-refractivity contribution in [3.05, 3.63) is 65.6 Å². The lowest BCUT2D eigenvalue weighted by Crippen LogP contribution is -2.19. The number of hydrogen-bond donors (Lipinski definition) is 1. The standard InChI is InChI=1S/C21H17FN4OS/c1-12-10-16-19(17(27)11-12)20(23-14-8-6-13(22)7-9-14)25-26(16)21-24-15-4-2-3-5-18(15)28-21/h2-9,12H,10-11H2,1H3,(H,23,25)/t12-/m0/s1. The van der Waals surface area contributed by atoms with Crippen molar-refractivity contribution in [3.63, 3.8) is 0 Å². The van der Waals surface area contributed by atoms with Gasteiger partial charge in [0.05, 0.1) is 21.5 Å². The third-order valence-electron chi connectivity index (χ3n) is 4.91. The molecule has 0 aliphatic heterocycles. The van der Waals surface area contributed by atoms with Crippen molar-refractivity contribution in [2.24, 2.45) is 5.92 Å². The first-order chi connectivity index (χ1) is 13.6. The van der Waals surface area contributed by atoms with Crippen LogP contribution < -0.4 is 5.32 Å². The lowest BCUT2D eigenvalue weighted by atomic mass is 9.88. The molecular weight excluding hydrogens is 375 g/mol. The van der Waals surface area contributed by atoms with Crippen molar-refractivity contribution < 1.29 is 9.18 Å². The van der Waals surface area contributed by atoms with Crippen LogP contribution >= 0.6 is 11.3 Å². The Kier molecular flexibility index (Phi) is 3.98. The van der Waals surface area contributed by atoms with E-state index in [1.165, 1.54) is 12.1 Å². The fraction of sp³-hybridized carbons (Fsp3) is 0.190. The quantitative estimate of drug-likeness (QED) is 0.525. The van der Waals surface area contributed by atoms with E-state index in [1.54, 1.807) is 28.2 Å². The highest BCUT2D eigenvalue weighted by Gasteiger charge is 2.31. The second-order valence-electron chi connectivity index (χ2n) is 7.11. The van der Waals surface area contributed by atoms with E-state index in [2.05, 4.69) is 12.2 Å². The second-order valence-corrected chi connectivity index (χ2v) is 8.12. The minimum absolute atomic E-state index is 0.0747. The Bertz CT molecular complexity index is 1160. The monoisotopic (exact) mass is 392 g/mol. The third kappa shape index (κ3) is 2.88. The van der Waals surface area contributed by atoms with Crippen LogP contribution in [0.4, 0.5) is 15.9 Å². The number of para-hydroxylation sites is 1. The Morgan fingerprint density at radius 1 is 1.14 bits per heavy atom. The minimum Gasteiger partial charge on any atom is -0.338 e. The number of carbonyl (C=O) groups excluding carboxylic acids is 1. The maximum atomic E-state index is 13.2. The zero-order valence-electron chi connectivity index (χ0n) is 15.1. The van der Waals surface area contributed by atoms with E-state index in [4.69, 9.17) is 10.1 Å². The number of halogens is 1. The second kappa shape index (κ2) is 6.53. The van der Waals surface area contributed by atoms with Crippen LogP contribution in [-0.2, 0) is 6.42 Å². The van der Waals surface area contributed by atoms with Crippen molar-refractivity contribution in [3.8, 4) is 5.13 Å². The number of nitrogens with zero attached hydrogens (tertiary/aromatic N) is 3. The molecule has 0 radical (unpaired) electrons. The highest BCUT2D eigenvalue weighted by atomic mass is 32.1. The van der Waals surface area contributed by atoms with Gasteiger partial charge < -0.3 is 5.32 Å². The summed E-state index contributed by atoms with van der Waals surface area (Å²) in [7, 11) is 0. The molecule has 140 valence electrons. The van der Waals surface area contributed by atoms with Crippen molar-refractivity contribution in [2.75, 3.05) is 5.32 Å². The van der Waals surface area contributed by atoms with Gasteiger partial charge in [-0.1, -0.05) is 30.4 Å². The van der Waals surface area contributed by atoms with Crippen LogP contribution in [0.3, 0.4) is 0 Å². The molecule has 2 aromatic carbocycles. The number of nitrogens with one attached hydrogen (secondary N) is 1. The molecule has 5 rings (SSSR count). The fourth-order valence-corrected chi connectivity index (χ4v) is 4.56. The predicted molar refractivity (Wildman–Crippen MR) is 108 cm³/mol. The number of thiazole rings is 1. The molecule has 4 aromatic rings. The summed E-state index contributed by atoms with van der Waals surface area (Å²) in [6.45, 7) is 2.07. The van der Waals surface area contributed by atoms with Crippen LogP contribution in [0.15, 0.2) is 48.5 Å². The van der Waals surface area contributed by atoms with Gasteiger partial charge in [-0.05, 0) is 48.7 Å². The molecule has 2 heterocycles. The summed E-state index contributed by atoms with van der Waals surface area (Å²) in [5.41, 5.74) is 3.09. The van der Waals surface area contributed by atoms with Gasteiger partial charge in [-0.25, -0.2) is 14.1 Å². The first kappa shape index (κ1) is 17.1. The van der Waals surface area contributed by atoms with Gasteiger partial charge in [0.1, 0.15) is 5.82 Å². The molecule has 0 amide bonds. The molecule has 0 unspecified atom stereocenters. The van der Waals surface area contributed by atoms with E-state index in [0.717, 1.165) is 27.5 Å². The Morgan fingerprint density at radius 2 is 1.93 bits per heavy atom. The first-order valence-corrected chi connectivity index (χ1v) is 9.94. The summed E-state index contributed by atoms with van der Waals surface area (Å²) in [4.78, 5) is 17.5. The van der Waals surface area contributed by atoms with E-state index >= 15 is 0 Å². The van der Waals surface area contributed by atoms with Crippen molar-refractivity contribution in [1.29, 1.82) is 0 Å². The van der Waals surface area contributed by atoms with E-state index in [0.29, 0.717) is 23.5 Å². The van der Waals surface area contributed by atoms with Crippen LogP contribution in [0.25, 0.3) is 15.3 Å². The SMILES string of the molecule is C[C@@H]1CC(=O)c2c(Nc3ccc(F)cc3)nn(-c3nc4ccccc4s3)c2C1. The molecule has 0 saturated heterocycles. The number of aromatic nitrogens is 3. The van der Waals surface area contributed by atoms with Crippen LogP contribution in [0.1, 0.15) is 29.4 Å². The number of hydrogen-bond acceptors (Lipinski definition) is 5. The van der Waals surface area contributed by atoms with Gasteiger partial charge in [0.2, 0.25) is 5.13 Å². The van der Waals surface area contributed by atoms with Crippen molar-refractivity contribution in [2.45, 2.75) is 19.8 Å². The average molecular weight is 392 g/mol. The normalized spacial score (nSPS) is 16.4. The maximum Gasteiger partial charge on any atom is 0.211 e. The topological polar surface area (TPSA) is 59.8 Å². The van der Waals surface area contributed by atoms with Crippen LogP contribution in [0, 0.1) is 11.7 Å². The van der Waals surface area contributed by atoms with Gasteiger partial charge >= 0.3 is 0 Å². The third-order valence-corrected chi connectivity index (χ3v) is 5.92. The Labute approximate surface area is 164 Å². The van der Waals surface area contributed by atoms with Gasteiger partial charge in [0, 0.05) is 12.1 Å². The summed E-state index contributed by atoms with van der Waals surface area (Å²) in [5, 5.41) is 8.63. The highest BCUT2D eigenvalue weighted by molar-refractivity contribution is 7.20. The molecule has 0 fully saturated rings. The first-order valence-electron chi connectivity index (χ1n) is 9.12. The van der Waals surface area contributed by atoms with E-state index < -0.39 is 0 Å². The van der Waals surface area contributed by atoms with E-state index in [1.807, 2.05) is 24.3 Å². The molecule has 7 heteroatoms. The summed E-state index contributed by atoms with van der Waals surface area (Å²) < 4.78 is 16.1. The number of benzene rings is 2. The Morgan fingerprint density at radius 3 is 2.71 bits per heavy atom. The fourth-order valence-electron chi connectivity index (χ4n) is 3.62. The van der Waals surface area contributed by atoms with Crippen molar-refractivity contribution >= 4 is 38.8 Å². The Hall–Kier alpha value is -3.06. The molecule has 0 bridgehead atoms. The molecular formula is C21H17FN4OS. The minimum atomic E-state index is -0.308. The van der Waals surface area contributed by atoms with Crippen LogP contribution in [0.2, 0.25) is 0 Å². The zero-order valence-corrected chi connectivity index (χ0v) is 16.0. The number of ketones is 1. The molecule has 2 aromatic heterocycles. The molecule has 1 atom stereocenters. The Balaban J connectivity index is 1.64. The number of fused-ring (bicyclic) bond motifs is 2. The average Bonchev–Trinajstić information content (AvgIpc) is 3.25. The largest absolute Gasteiger partial charge is 0.338 e. The molecule has 0 spiro atoms. The number of rotatable bonds is 3. The van der Waals surface area contributed by atoms with Crippen LogP contribution in [0.5, 0.6) is 0 Å². The summed E-state index contributed by atoms with van der Waals surface area (Å²) in [6.07, 6.45) is 1.26. The molecule has 5 nitrogen and oxygen atoms in total. The predicted octanol–water partition coefficient (Wildman–Crippen LogP) is 5.13. The van der Waals surface area contributed by atoms with Crippen LogP contribution in [-0.4, -0.2) is 20.5 Å². The highest BCUT2D eigenvalue weighted by Crippen LogP contribution is 2.35. The molecule has 0 saturated carbocycles. The number of Topliss-reactive ketones (excluding diaryl/α,β-unsaturated/α-hetero) is 1.